The second-order valence-electron chi connectivity index (χ2n) is 4.14. The van der Waals surface area contributed by atoms with Gasteiger partial charge in [0, 0.05) is 35.1 Å². The third-order valence-corrected chi connectivity index (χ3v) is 2.31. The van der Waals surface area contributed by atoms with Gasteiger partial charge >= 0.3 is 0 Å². The van der Waals surface area contributed by atoms with E-state index < -0.39 is 0 Å². The van der Waals surface area contributed by atoms with Crippen LogP contribution in [0.1, 0.15) is 12.5 Å². The fourth-order valence-electron chi connectivity index (χ4n) is 1.61. The molecule has 1 aromatic rings. The lowest BCUT2D eigenvalue weighted by Crippen LogP contribution is -2.38. The number of nitrogens with one attached hydrogen (secondary N) is 2. The van der Waals surface area contributed by atoms with Gasteiger partial charge in [0.1, 0.15) is 5.82 Å². The number of aryl methyl sites for hydroxylation is 1. The molecular formula is C11H13B4N2O. The van der Waals surface area contributed by atoms with Crippen molar-refractivity contribution in [3.8, 4) is 0 Å². The third kappa shape index (κ3) is 4.40. The van der Waals surface area contributed by atoms with Crippen molar-refractivity contribution in [3.05, 3.63) is 36.2 Å². The molecule has 7 heteroatoms. The number of rotatable bonds is 5. The van der Waals surface area contributed by atoms with Crippen LogP contribution in [0.4, 0.5) is 5.69 Å². The maximum Gasteiger partial charge on any atom is 0.222 e. The maximum atomic E-state index is 10.9. The van der Waals surface area contributed by atoms with E-state index >= 15 is 0 Å². The van der Waals surface area contributed by atoms with Crippen LogP contribution >= 0.6 is 0 Å². The summed E-state index contributed by atoms with van der Waals surface area (Å²) in [6.07, 6.45) is 0. The van der Waals surface area contributed by atoms with E-state index in [0.717, 1.165) is 16.7 Å². The van der Waals surface area contributed by atoms with Crippen molar-refractivity contribution < 1.29 is 4.79 Å². The summed E-state index contributed by atoms with van der Waals surface area (Å²) in [5, 5.41) is 5.56. The number of carbonyl (C=O) groups is 1. The van der Waals surface area contributed by atoms with Crippen LogP contribution in [-0.2, 0) is 4.79 Å². The molecule has 18 heavy (non-hydrogen) atoms. The zero-order valence-corrected chi connectivity index (χ0v) is 10.7. The molecule has 0 aliphatic heterocycles. The molecule has 0 aliphatic carbocycles. The minimum atomic E-state index is -0.320. The van der Waals surface area contributed by atoms with Crippen LogP contribution in [0, 0.1) is 6.92 Å². The van der Waals surface area contributed by atoms with Crippen molar-refractivity contribution in [2.75, 3.05) is 5.32 Å². The topological polar surface area (TPSA) is 41.1 Å². The zero-order chi connectivity index (χ0) is 13.7. The summed E-state index contributed by atoms with van der Waals surface area (Å²) in [4.78, 5) is 10.9. The van der Waals surface area contributed by atoms with Gasteiger partial charge in [-0.3, -0.25) is 4.79 Å². The fraction of sp³-hybridized carbons (Fsp3) is 0.182. The van der Waals surface area contributed by atoms with Crippen molar-refractivity contribution in [3.63, 3.8) is 0 Å². The first-order valence-electron chi connectivity index (χ1n) is 5.58. The molecule has 1 rings (SSSR count). The number of benzene rings is 1. The summed E-state index contributed by atoms with van der Waals surface area (Å²) in [5.41, 5.74) is 2.75. The van der Waals surface area contributed by atoms with E-state index in [1.54, 1.807) is 0 Å². The fourth-order valence-corrected chi connectivity index (χ4v) is 1.61. The number of amides is 1. The largest absolute Gasteiger partial charge is 0.342 e. The minimum Gasteiger partial charge on any atom is -0.342 e. The molecule has 0 saturated carbocycles. The van der Waals surface area contributed by atoms with Crippen LogP contribution in [0.3, 0.4) is 0 Å². The Hall–Kier alpha value is -1.51. The van der Waals surface area contributed by atoms with Crippen molar-refractivity contribution in [2.24, 2.45) is 0 Å². The lowest BCUT2D eigenvalue weighted by molar-refractivity contribution is -0.118. The predicted octanol–water partition coefficient (Wildman–Crippen LogP) is -0.334. The minimum absolute atomic E-state index is 0.174. The molecule has 0 spiro atoms. The highest BCUT2D eigenvalue weighted by Gasteiger charge is 2.08. The lowest BCUT2D eigenvalue weighted by Gasteiger charge is -2.14. The first-order valence-corrected chi connectivity index (χ1v) is 5.58. The highest BCUT2D eigenvalue weighted by Crippen LogP contribution is 2.10. The van der Waals surface area contributed by atoms with E-state index in [1.165, 1.54) is 14.0 Å². The molecule has 85 valence electrons. The van der Waals surface area contributed by atoms with Gasteiger partial charge in [-0.2, -0.15) is 0 Å². The van der Waals surface area contributed by atoms with Crippen molar-refractivity contribution >= 4 is 46.1 Å². The molecule has 0 unspecified atom stereocenters. The Balaban J connectivity index is 2.86. The van der Waals surface area contributed by atoms with Gasteiger partial charge in [-0.1, -0.05) is 18.1 Å². The molecule has 1 amide bonds. The average molecular weight is 232 g/mol. The summed E-state index contributed by atoms with van der Waals surface area (Å²) in [5.74, 6) is 0.247. The summed E-state index contributed by atoms with van der Waals surface area (Å²) in [7, 11) is 12.7. The normalized spacial score (nSPS) is 9.44. The van der Waals surface area contributed by atoms with Crippen LogP contribution < -0.4 is 16.1 Å². The number of hydrogen-bond acceptors (Lipinski definition) is 2. The van der Waals surface area contributed by atoms with Gasteiger partial charge in [0.15, 0.2) is 0 Å². The third-order valence-electron chi connectivity index (χ3n) is 2.31. The van der Waals surface area contributed by atoms with Gasteiger partial charge in [-0.25, -0.2) is 0 Å². The Morgan fingerprint density at radius 1 is 1.44 bits per heavy atom. The molecule has 0 bridgehead atoms. The van der Waals surface area contributed by atoms with Crippen LogP contribution in [-0.4, -0.2) is 34.9 Å². The Kier molecular flexibility index (Phi) is 5.20. The Bertz CT molecular complexity index is 464. The predicted molar refractivity (Wildman–Crippen MR) is 80.4 cm³/mol. The van der Waals surface area contributed by atoms with Gasteiger partial charge < -0.3 is 10.6 Å². The molecule has 5 radical (unpaired) electrons. The first kappa shape index (κ1) is 14.6. The molecular weight excluding hydrogens is 219 g/mol. The Morgan fingerprint density at radius 3 is 2.67 bits per heavy atom. The molecule has 2 N–H and O–H groups in total. The number of anilines is 1. The molecule has 0 aromatic heterocycles. The molecule has 0 aliphatic rings. The van der Waals surface area contributed by atoms with E-state index in [-0.39, 0.29) is 12.4 Å². The summed E-state index contributed by atoms with van der Waals surface area (Å²) in [6.45, 7) is 6.77. The van der Waals surface area contributed by atoms with E-state index in [2.05, 4.69) is 17.2 Å². The average Bonchev–Trinajstić information content (AvgIpc) is 2.25. The molecule has 1 aromatic carbocycles. The highest BCUT2D eigenvalue weighted by molar-refractivity contribution is 7.50. The zero-order valence-electron chi connectivity index (χ0n) is 10.7. The molecule has 0 heterocycles. The van der Waals surface area contributed by atoms with E-state index in [0.29, 0.717) is 5.82 Å². The summed E-state index contributed by atoms with van der Waals surface area (Å²) >= 11 is 0. The van der Waals surface area contributed by atoms with E-state index in [1.807, 2.05) is 25.1 Å². The molecule has 0 atom stereocenters. The van der Waals surface area contributed by atoms with Crippen molar-refractivity contribution in [1.29, 1.82) is 0 Å². The SMILES string of the molecule is [B][B]B([B])c1cc(C)cc(NC(=C)NC(C)=O)c1. The Morgan fingerprint density at radius 2 is 2.11 bits per heavy atom. The van der Waals surface area contributed by atoms with Crippen molar-refractivity contribution in [1.82, 2.24) is 5.32 Å². The van der Waals surface area contributed by atoms with Gasteiger partial charge in [0.2, 0.25) is 5.91 Å². The van der Waals surface area contributed by atoms with Gasteiger partial charge in [-0.05, 0) is 24.6 Å². The summed E-state index contributed by atoms with van der Waals surface area (Å²) in [6, 6.07) is 5.76. The van der Waals surface area contributed by atoms with Gasteiger partial charge in [0.05, 0.1) is 6.49 Å². The van der Waals surface area contributed by atoms with E-state index in [4.69, 9.17) is 15.5 Å². The Labute approximate surface area is 112 Å². The maximum absolute atomic E-state index is 10.9. The second kappa shape index (κ2) is 6.43. The smallest absolute Gasteiger partial charge is 0.222 e. The van der Waals surface area contributed by atoms with Gasteiger partial charge in [0.25, 0.3) is 0 Å². The first-order chi connectivity index (χ1) is 8.42. The molecule has 0 saturated heterocycles. The monoisotopic (exact) mass is 233 g/mol. The summed E-state index contributed by atoms with van der Waals surface area (Å²) < 4.78 is 0. The van der Waals surface area contributed by atoms with Crippen LogP contribution in [0.25, 0.3) is 0 Å². The number of hydrogen-bond donors (Lipinski definition) is 2. The quantitative estimate of drug-likeness (QED) is 0.683. The molecule has 3 nitrogen and oxygen atoms in total. The van der Waals surface area contributed by atoms with Gasteiger partial charge in [-0.15, -0.1) is 0 Å². The number of carbonyl (C=O) groups excluding carboxylic acids is 1. The molecule has 0 fully saturated rings. The van der Waals surface area contributed by atoms with Crippen LogP contribution in [0.15, 0.2) is 30.6 Å². The van der Waals surface area contributed by atoms with E-state index in [9.17, 15) is 4.79 Å². The lowest BCUT2D eigenvalue weighted by atomic mass is 9.03. The second-order valence-corrected chi connectivity index (χ2v) is 4.14. The van der Waals surface area contributed by atoms with Crippen molar-refractivity contribution in [2.45, 2.75) is 13.8 Å². The highest BCUT2D eigenvalue weighted by atomic mass is 16.1. The standard InChI is InChI=1S/C11H13B4N2O/c1-7-4-10(15(13)14-12)6-11(5-7)17-8(2)16-9(3)18/h4-6,17H,2H2,1,3H3,(H,16,18). The van der Waals surface area contributed by atoms with Crippen LogP contribution in [0.5, 0.6) is 0 Å². The van der Waals surface area contributed by atoms with Crippen LogP contribution in [0.2, 0.25) is 0 Å².